The number of aromatic nitrogens is 1. The molecule has 4 rings (SSSR count). The van der Waals surface area contributed by atoms with Crippen LogP contribution in [-0.2, 0) is 16.1 Å². The second-order valence-electron chi connectivity index (χ2n) is 8.05. The first kappa shape index (κ1) is 24.8. The lowest BCUT2D eigenvalue weighted by molar-refractivity contribution is -0.140. The predicted molar refractivity (Wildman–Crippen MR) is 134 cm³/mol. The van der Waals surface area contributed by atoms with Crippen molar-refractivity contribution in [2.24, 2.45) is 0 Å². The van der Waals surface area contributed by atoms with E-state index in [1.165, 1.54) is 12.0 Å². The lowest BCUT2D eigenvalue weighted by Gasteiger charge is -2.26. The second kappa shape index (κ2) is 10.9. The van der Waals surface area contributed by atoms with Gasteiger partial charge in [0, 0.05) is 30.6 Å². The van der Waals surface area contributed by atoms with E-state index in [0.29, 0.717) is 41.6 Å². The highest BCUT2D eigenvalue weighted by molar-refractivity contribution is 6.46. The second-order valence-corrected chi connectivity index (χ2v) is 8.05. The number of nitrogens with zero attached hydrogens (tertiary/aromatic N) is 2. The fraction of sp³-hybridized carbons (Fsp3) is 0.250. The van der Waals surface area contributed by atoms with Crippen molar-refractivity contribution in [3.63, 3.8) is 0 Å². The van der Waals surface area contributed by atoms with Gasteiger partial charge in [0.2, 0.25) is 0 Å². The smallest absolute Gasteiger partial charge is 0.295 e. The summed E-state index contributed by atoms with van der Waals surface area (Å²) in [5.41, 5.74) is 1.63. The summed E-state index contributed by atoms with van der Waals surface area (Å²) in [5, 5.41) is 11.5. The van der Waals surface area contributed by atoms with Crippen LogP contribution in [0, 0.1) is 0 Å². The highest BCUT2D eigenvalue weighted by Crippen LogP contribution is 2.44. The van der Waals surface area contributed by atoms with Crippen molar-refractivity contribution in [3.8, 4) is 17.2 Å². The molecule has 0 spiro atoms. The number of hydrogen-bond donors (Lipinski definition) is 1. The number of rotatable bonds is 9. The average Bonchev–Trinajstić information content (AvgIpc) is 3.14. The molecule has 0 radical (unpaired) electrons. The molecule has 1 saturated heterocycles. The molecule has 1 amide bonds. The summed E-state index contributed by atoms with van der Waals surface area (Å²) in [5.74, 6) is -0.418. The molecule has 36 heavy (non-hydrogen) atoms. The van der Waals surface area contributed by atoms with Gasteiger partial charge < -0.3 is 24.2 Å². The number of para-hydroxylation sites is 1. The first-order valence-corrected chi connectivity index (χ1v) is 11.7. The number of likely N-dealkylation sites (tertiary alicyclic amines) is 1. The minimum absolute atomic E-state index is 0.0383. The lowest BCUT2D eigenvalue weighted by Crippen LogP contribution is -2.29. The van der Waals surface area contributed by atoms with Crippen LogP contribution < -0.4 is 14.2 Å². The fourth-order valence-corrected chi connectivity index (χ4v) is 4.32. The van der Waals surface area contributed by atoms with Crippen molar-refractivity contribution < 1.29 is 28.9 Å². The van der Waals surface area contributed by atoms with Crippen molar-refractivity contribution >= 4 is 17.4 Å². The van der Waals surface area contributed by atoms with Crippen molar-refractivity contribution in [2.45, 2.75) is 26.4 Å². The number of aliphatic hydroxyl groups excluding tert-OH is 1. The number of amides is 1. The summed E-state index contributed by atoms with van der Waals surface area (Å²) in [6, 6.07) is 14.8. The summed E-state index contributed by atoms with van der Waals surface area (Å²) in [4.78, 5) is 32.2. The van der Waals surface area contributed by atoms with E-state index in [0.717, 1.165) is 5.56 Å². The van der Waals surface area contributed by atoms with E-state index in [4.69, 9.17) is 14.2 Å². The highest BCUT2D eigenvalue weighted by Gasteiger charge is 2.47. The van der Waals surface area contributed by atoms with Gasteiger partial charge in [0.05, 0.1) is 37.5 Å². The van der Waals surface area contributed by atoms with E-state index in [-0.39, 0.29) is 17.9 Å². The topological polar surface area (TPSA) is 98.2 Å². The van der Waals surface area contributed by atoms with Gasteiger partial charge in [0.25, 0.3) is 11.7 Å². The number of carbonyl (C=O) groups excluding carboxylic acids is 2. The van der Waals surface area contributed by atoms with Gasteiger partial charge in [-0.05, 0) is 49.7 Å². The van der Waals surface area contributed by atoms with E-state index in [2.05, 4.69) is 4.98 Å². The van der Waals surface area contributed by atoms with E-state index >= 15 is 0 Å². The Labute approximate surface area is 209 Å². The maximum atomic E-state index is 13.4. The number of hydrogen-bond acceptors (Lipinski definition) is 7. The molecule has 1 unspecified atom stereocenters. The largest absolute Gasteiger partial charge is 0.507 e. The summed E-state index contributed by atoms with van der Waals surface area (Å²) in [7, 11) is 1.52. The van der Waals surface area contributed by atoms with Gasteiger partial charge in [0.15, 0.2) is 0 Å². The van der Waals surface area contributed by atoms with Crippen LogP contribution >= 0.6 is 0 Å². The molecule has 1 atom stereocenters. The van der Waals surface area contributed by atoms with Crippen LogP contribution in [0.2, 0.25) is 0 Å². The molecule has 8 heteroatoms. The molecule has 2 heterocycles. The number of Topliss-reactive ketones (excluding diaryl/α,β-unsaturated/α-hetero) is 1. The maximum Gasteiger partial charge on any atom is 0.295 e. The maximum absolute atomic E-state index is 13.4. The van der Waals surface area contributed by atoms with Crippen LogP contribution in [0.15, 0.2) is 72.6 Å². The summed E-state index contributed by atoms with van der Waals surface area (Å²) in [6.45, 7) is 4.63. The molecular weight excluding hydrogens is 460 g/mol. The zero-order valence-corrected chi connectivity index (χ0v) is 20.4. The Kier molecular flexibility index (Phi) is 7.53. The first-order chi connectivity index (χ1) is 17.5. The van der Waals surface area contributed by atoms with E-state index in [1.807, 2.05) is 13.8 Å². The van der Waals surface area contributed by atoms with Gasteiger partial charge in [0.1, 0.15) is 23.0 Å². The van der Waals surface area contributed by atoms with Crippen LogP contribution in [0.4, 0.5) is 0 Å². The number of ether oxygens (including phenoxy) is 3. The first-order valence-electron chi connectivity index (χ1n) is 11.7. The molecule has 0 saturated carbocycles. The Morgan fingerprint density at radius 2 is 1.69 bits per heavy atom. The van der Waals surface area contributed by atoms with Gasteiger partial charge in [-0.15, -0.1) is 0 Å². The van der Waals surface area contributed by atoms with Gasteiger partial charge in [-0.25, -0.2) is 0 Å². The minimum atomic E-state index is -0.879. The molecule has 2 aromatic carbocycles. The molecule has 8 nitrogen and oxygen atoms in total. The monoisotopic (exact) mass is 488 g/mol. The lowest BCUT2D eigenvalue weighted by atomic mass is 9.94. The molecule has 186 valence electrons. The Balaban J connectivity index is 1.91. The normalized spacial score (nSPS) is 16.8. The highest BCUT2D eigenvalue weighted by atomic mass is 16.5. The van der Waals surface area contributed by atoms with Gasteiger partial charge in [-0.2, -0.15) is 0 Å². The zero-order valence-electron chi connectivity index (χ0n) is 20.4. The van der Waals surface area contributed by atoms with Crippen LogP contribution in [-0.4, -0.2) is 47.0 Å². The third-order valence-corrected chi connectivity index (χ3v) is 5.89. The van der Waals surface area contributed by atoms with Crippen LogP contribution in [0.25, 0.3) is 5.76 Å². The van der Waals surface area contributed by atoms with Crippen LogP contribution in [0.3, 0.4) is 0 Å². The molecule has 1 aliphatic rings. The van der Waals surface area contributed by atoms with E-state index < -0.39 is 17.7 Å². The molecule has 1 aliphatic heterocycles. The minimum Gasteiger partial charge on any atom is -0.507 e. The van der Waals surface area contributed by atoms with Crippen molar-refractivity contribution in [1.29, 1.82) is 0 Å². The molecule has 0 bridgehead atoms. The Bertz CT molecular complexity index is 1290. The number of methoxy groups -OCH3 is 1. The SMILES string of the molecule is CCOc1ccc(/C(O)=C2\C(=O)C(=O)N(Cc3ccncc3)C2c2ccccc2OC)c(OCC)c1. The number of carbonyl (C=O) groups is 2. The standard InChI is InChI=1S/C28H28N2O6/c1-4-35-19-10-11-21(23(16-19)36-5-2)26(31)24-25(20-8-6-7-9-22(20)34-3)30(28(33)27(24)32)17-18-12-14-29-15-13-18/h6-16,25,31H,4-5,17H2,1-3H3/b26-24+. The number of ketones is 1. The number of benzene rings is 2. The zero-order chi connectivity index (χ0) is 25.7. The molecular formula is C28H28N2O6. The Morgan fingerprint density at radius 1 is 0.972 bits per heavy atom. The van der Waals surface area contributed by atoms with Crippen molar-refractivity contribution in [1.82, 2.24) is 9.88 Å². The van der Waals surface area contributed by atoms with Crippen molar-refractivity contribution in [2.75, 3.05) is 20.3 Å². The molecule has 0 aliphatic carbocycles. The molecule has 1 aromatic heterocycles. The quantitative estimate of drug-likeness (QED) is 0.269. The summed E-state index contributed by atoms with van der Waals surface area (Å²) < 4.78 is 16.9. The number of aliphatic hydroxyl groups is 1. The fourth-order valence-electron chi connectivity index (χ4n) is 4.32. The third kappa shape index (κ3) is 4.75. The van der Waals surface area contributed by atoms with Gasteiger partial charge in [-0.3, -0.25) is 14.6 Å². The summed E-state index contributed by atoms with van der Waals surface area (Å²) in [6.07, 6.45) is 3.25. The van der Waals surface area contributed by atoms with Crippen LogP contribution in [0.5, 0.6) is 17.2 Å². The Morgan fingerprint density at radius 3 is 2.39 bits per heavy atom. The molecule has 3 aromatic rings. The van der Waals surface area contributed by atoms with Crippen molar-refractivity contribution in [3.05, 3.63) is 89.3 Å². The van der Waals surface area contributed by atoms with Crippen LogP contribution in [0.1, 0.15) is 36.6 Å². The summed E-state index contributed by atoms with van der Waals surface area (Å²) >= 11 is 0. The predicted octanol–water partition coefficient (Wildman–Crippen LogP) is 4.51. The van der Waals surface area contributed by atoms with Gasteiger partial charge in [-0.1, -0.05) is 18.2 Å². The van der Waals surface area contributed by atoms with Gasteiger partial charge >= 0.3 is 0 Å². The third-order valence-electron chi connectivity index (χ3n) is 5.89. The van der Waals surface area contributed by atoms with E-state index in [9.17, 15) is 14.7 Å². The molecule has 1 N–H and O–H groups in total. The average molecular weight is 489 g/mol. The van der Waals surface area contributed by atoms with E-state index in [1.54, 1.807) is 67.0 Å². The number of pyridine rings is 1. The molecule has 1 fully saturated rings. The Hall–Kier alpha value is -4.33.